The van der Waals surface area contributed by atoms with E-state index in [1.54, 1.807) is 4.90 Å². The Morgan fingerprint density at radius 1 is 1.04 bits per heavy atom. The highest BCUT2D eigenvalue weighted by molar-refractivity contribution is 7.94. The molecular formula is C18H21ClN2O4S. The molecule has 1 aliphatic carbocycles. The van der Waals surface area contributed by atoms with Crippen molar-refractivity contribution in [1.29, 1.82) is 0 Å². The van der Waals surface area contributed by atoms with Crippen LogP contribution in [0.3, 0.4) is 0 Å². The molecule has 1 aromatic rings. The number of rotatable bonds is 3. The van der Waals surface area contributed by atoms with Gasteiger partial charge in [-0.1, -0.05) is 11.6 Å². The van der Waals surface area contributed by atoms with Gasteiger partial charge in [0, 0.05) is 30.1 Å². The molecular weight excluding hydrogens is 376 g/mol. The second kappa shape index (κ2) is 5.96. The summed E-state index contributed by atoms with van der Waals surface area (Å²) in [5.74, 6) is -0.236. The molecule has 0 aromatic heterocycles. The molecule has 140 valence electrons. The Labute approximate surface area is 157 Å². The number of carbonyl (C=O) groups excluding carboxylic acids is 2. The average molecular weight is 397 g/mol. The van der Waals surface area contributed by atoms with Gasteiger partial charge >= 0.3 is 0 Å². The summed E-state index contributed by atoms with van der Waals surface area (Å²) in [6.45, 7) is 0.966. The lowest BCUT2D eigenvalue weighted by Gasteiger charge is -2.40. The van der Waals surface area contributed by atoms with Gasteiger partial charge in [-0.05, 0) is 56.4 Å². The Hall–Kier alpha value is -1.60. The van der Waals surface area contributed by atoms with Crippen LogP contribution in [-0.2, 0) is 19.4 Å². The summed E-state index contributed by atoms with van der Waals surface area (Å²) in [7, 11) is -3.75. The van der Waals surface area contributed by atoms with Crippen molar-refractivity contribution in [3.8, 4) is 0 Å². The summed E-state index contributed by atoms with van der Waals surface area (Å²) in [5.41, 5.74) is -0.209. The second-order valence-electron chi connectivity index (χ2n) is 7.57. The lowest BCUT2D eigenvalue weighted by Crippen LogP contribution is -2.55. The number of halogens is 1. The fraction of sp³-hybridized carbons (Fsp3) is 0.556. The molecule has 0 radical (unpaired) electrons. The second-order valence-corrected chi connectivity index (χ2v) is 10.3. The van der Waals surface area contributed by atoms with Crippen molar-refractivity contribution in [2.75, 3.05) is 13.1 Å². The summed E-state index contributed by atoms with van der Waals surface area (Å²) in [6.07, 6.45) is 3.40. The van der Waals surface area contributed by atoms with Gasteiger partial charge in [0.2, 0.25) is 11.8 Å². The smallest absolute Gasteiger partial charge is 0.244 e. The zero-order valence-corrected chi connectivity index (χ0v) is 15.9. The van der Waals surface area contributed by atoms with E-state index in [2.05, 4.69) is 5.32 Å². The SMILES string of the molecule is O=C1CCC2(CCN(C(=O)C3(S(=O)(=O)c4ccc(Cl)cc4)CC3)CC2)N1. The molecule has 0 unspecified atom stereocenters. The predicted octanol–water partition coefficient (Wildman–Crippen LogP) is 1.92. The third-order valence-corrected chi connectivity index (χ3v) is 8.73. The average Bonchev–Trinajstić information content (AvgIpc) is 3.37. The number of amides is 2. The van der Waals surface area contributed by atoms with Gasteiger partial charge in [0.25, 0.3) is 0 Å². The van der Waals surface area contributed by atoms with Crippen molar-refractivity contribution in [1.82, 2.24) is 10.2 Å². The molecule has 26 heavy (non-hydrogen) atoms. The van der Waals surface area contributed by atoms with Crippen molar-refractivity contribution in [2.45, 2.75) is 53.7 Å². The van der Waals surface area contributed by atoms with E-state index < -0.39 is 14.6 Å². The number of carbonyl (C=O) groups is 2. The maximum atomic E-state index is 13.1. The van der Waals surface area contributed by atoms with E-state index in [1.807, 2.05) is 0 Å². The maximum absolute atomic E-state index is 13.1. The van der Waals surface area contributed by atoms with Crippen LogP contribution >= 0.6 is 11.6 Å². The van der Waals surface area contributed by atoms with E-state index in [0.29, 0.717) is 50.2 Å². The number of piperidine rings is 1. The fourth-order valence-corrected chi connectivity index (χ4v) is 6.20. The first kappa shape index (κ1) is 17.8. The van der Waals surface area contributed by atoms with Gasteiger partial charge < -0.3 is 10.2 Å². The Morgan fingerprint density at radius 3 is 2.15 bits per heavy atom. The molecule has 1 saturated carbocycles. The molecule has 0 bridgehead atoms. The van der Waals surface area contributed by atoms with Gasteiger partial charge in [0.05, 0.1) is 4.90 Å². The van der Waals surface area contributed by atoms with E-state index in [1.165, 1.54) is 24.3 Å². The molecule has 2 heterocycles. The van der Waals surface area contributed by atoms with Crippen LogP contribution in [0.1, 0.15) is 38.5 Å². The molecule has 1 aromatic carbocycles. The molecule has 2 aliphatic heterocycles. The Balaban J connectivity index is 1.51. The van der Waals surface area contributed by atoms with Gasteiger partial charge in [-0.2, -0.15) is 0 Å². The standard InChI is InChI=1S/C18H21ClN2O4S/c19-13-1-3-14(4-2-13)26(24,25)18(7-8-18)16(23)21-11-9-17(10-12-21)6-5-15(22)20-17/h1-4H,5-12H2,(H,20,22). The summed E-state index contributed by atoms with van der Waals surface area (Å²) in [4.78, 5) is 26.4. The number of hydrogen-bond donors (Lipinski definition) is 1. The summed E-state index contributed by atoms with van der Waals surface area (Å²) >= 11 is 5.85. The molecule has 8 heteroatoms. The zero-order valence-electron chi connectivity index (χ0n) is 14.3. The van der Waals surface area contributed by atoms with Gasteiger partial charge in [-0.25, -0.2) is 8.42 Å². The Morgan fingerprint density at radius 2 is 1.65 bits per heavy atom. The minimum Gasteiger partial charge on any atom is -0.351 e. The minimum atomic E-state index is -3.75. The molecule has 3 fully saturated rings. The van der Waals surface area contributed by atoms with Crippen LogP contribution < -0.4 is 5.32 Å². The first-order valence-corrected chi connectivity index (χ1v) is 10.7. The van der Waals surface area contributed by atoms with Crippen LogP contribution in [0.5, 0.6) is 0 Å². The van der Waals surface area contributed by atoms with Gasteiger partial charge in [-0.3, -0.25) is 9.59 Å². The van der Waals surface area contributed by atoms with Crippen LogP contribution in [0.15, 0.2) is 29.2 Å². The number of likely N-dealkylation sites (tertiary alicyclic amines) is 1. The van der Waals surface area contributed by atoms with Crippen LogP contribution in [0.4, 0.5) is 0 Å². The van der Waals surface area contributed by atoms with Gasteiger partial charge in [0.15, 0.2) is 14.6 Å². The van der Waals surface area contributed by atoms with Crippen LogP contribution in [0.2, 0.25) is 5.02 Å². The predicted molar refractivity (Wildman–Crippen MR) is 96.5 cm³/mol. The lowest BCUT2D eigenvalue weighted by atomic mass is 9.86. The van der Waals surface area contributed by atoms with E-state index in [4.69, 9.17) is 11.6 Å². The normalized spacial score (nSPS) is 23.7. The molecule has 0 atom stereocenters. The third kappa shape index (κ3) is 2.72. The molecule has 2 amide bonds. The van der Waals surface area contributed by atoms with E-state index in [0.717, 1.165) is 6.42 Å². The number of sulfone groups is 1. The first-order valence-electron chi connectivity index (χ1n) is 8.89. The Kier molecular flexibility index (Phi) is 4.08. The number of benzene rings is 1. The quantitative estimate of drug-likeness (QED) is 0.846. The van der Waals surface area contributed by atoms with Gasteiger partial charge in [-0.15, -0.1) is 0 Å². The Bertz CT molecular complexity index is 854. The molecule has 1 spiro atoms. The van der Waals surface area contributed by atoms with Gasteiger partial charge in [0.1, 0.15) is 0 Å². The highest BCUT2D eigenvalue weighted by Crippen LogP contribution is 2.49. The van der Waals surface area contributed by atoms with Crippen LogP contribution in [0, 0.1) is 0 Å². The maximum Gasteiger partial charge on any atom is 0.244 e. The summed E-state index contributed by atoms with van der Waals surface area (Å²) < 4.78 is 24.8. The monoisotopic (exact) mass is 396 g/mol. The molecule has 3 aliphatic rings. The van der Waals surface area contributed by atoms with E-state index in [9.17, 15) is 18.0 Å². The number of hydrogen-bond acceptors (Lipinski definition) is 4. The van der Waals surface area contributed by atoms with Crippen molar-refractivity contribution in [3.05, 3.63) is 29.3 Å². The first-order chi connectivity index (χ1) is 12.3. The molecule has 4 rings (SSSR count). The van der Waals surface area contributed by atoms with Crippen molar-refractivity contribution >= 4 is 33.3 Å². The van der Waals surface area contributed by atoms with E-state index in [-0.39, 0.29) is 22.2 Å². The highest BCUT2D eigenvalue weighted by Gasteiger charge is 2.62. The largest absolute Gasteiger partial charge is 0.351 e. The van der Waals surface area contributed by atoms with Crippen molar-refractivity contribution in [2.24, 2.45) is 0 Å². The van der Waals surface area contributed by atoms with E-state index >= 15 is 0 Å². The number of nitrogens with one attached hydrogen (secondary N) is 1. The summed E-state index contributed by atoms with van der Waals surface area (Å²) in [5, 5.41) is 3.50. The highest BCUT2D eigenvalue weighted by atomic mass is 35.5. The third-order valence-electron chi connectivity index (χ3n) is 5.98. The van der Waals surface area contributed by atoms with Crippen LogP contribution in [-0.4, -0.2) is 48.5 Å². The molecule has 2 saturated heterocycles. The lowest BCUT2D eigenvalue weighted by molar-refractivity contribution is -0.133. The van der Waals surface area contributed by atoms with Crippen LogP contribution in [0.25, 0.3) is 0 Å². The zero-order chi connectivity index (χ0) is 18.6. The van der Waals surface area contributed by atoms with Crippen molar-refractivity contribution < 1.29 is 18.0 Å². The molecule has 1 N–H and O–H groups in total. The fourth-order valence-electron chi connectivity index (χ4n) is 4.12. The van der Waals surface area contributed by atoms with Crippen molar-refractivity contribution in [3.63, 3.8) is 0 Å². The minimum absolute atomic E-state index is 0.0637. The topological polar surface area (TPSA) is 83.6 Å². The summed E-state index contributed by atoms with van der Waals surface area (Å²) in [6, 6.07) is 5.99. The number of nitrogens with zero attached hydrogens (tertiary/aromatic N) is 1. The molecule has 6 nitrogen and oxygen atoms in total.